The number of hydrogen-bond donors (Lipinski definition) is 1. The smallest absolute Gasteiger partial charge is 0.317 e. The number of thioether (sulfide) groups is 1. The summed E-state index contributed by atoms with van der Waals surface area (Å²) >= 11 is 1.96. The van der Waals surface area contributed by atoms with E-state index < -0.39 is 0 Å². The number of carbonyl (C=O) groups is 1. The van der Waals surface area contributed by atoms with Crippen molar-refractivity contribution < 1.29 is 4.79 Å². The van der Waals surface area contributed by atoms with Gasteiger partial charge in [-0.1, -0.05) is 32.1 Å². The fourth-order valence-corrected chi connectivity index (χ4v) is 3.81. The van der Waals surface area contributed by atoms with Crippen LogP contribution in [0.25, 0.3) is 0 Å². The topological polar surface area (TPSA) is 32.3 Å². The highest BCUT2D eigenvalue weighted by atomic mass is 32.2. The number of hydrogen-bond acceptors (Lipinski definition) is 2. The Hall–Kier alpha value is -0.380. The van der Waals surface area contributed by atoms with E-state index in [-0.39, 0.29) is 6.03 Å². The van der Waals surface area contributed by atoms with Crippen molar-refractivity contribution in [3.05, 3.63) is 0 Å². The number of nitrogens with zero attached hydrogens (tertiary/aromatic N) is 1. The monoisotopic (exact) mass is 270 g/mol. The zero-order valence-corrected chi connectivity index (χ0v) is 12.1. The molecule has 18 heavy (non-hydrogen) atoms. The average molecular weight is 270 g/mol. The summed E-state index contributed by atoms with van der Waals surface area (Å²) < 4.78 is 0. The molecule has 0 atom stereocenters. The van der Waals surface area contributed by atoms with Crippen LogP contribution >= 0.6 is 11.8 Å². The molecule has 0 spiro atoms. The van der Waals surface area contributed by atoms with Gasteiger partial charge in [0.05, 0.1) is 0 Å². The molecule has 1 aliphatic heterocycles. The Kier molecular flexibility index (Phi) is 6.18. The molecular formula is C14H26N2OS. The Morgan fingerprint density at radius 1 is 1.11 bits per heavy atom. The minimum Gasteiger partial charge on any atom is -0.338 e. The molecule has 1 aliphatic carbocycles. The Labute approximate surface area is 115 Å². The molecule has 0 bridgehead atoms. The summed E-state index contributed by atoms with van der Waals surface area (Å²) in [6.45, 7) is 2.72. The van der Waals surface area contributed by atoms with E-state index in [4.69, 9.17) is 0 Å². The van der Waals surface area contributed by atoms with Gasteiger partial charge in [0.15, 0.2) is 0 Å². The van der Waals surface area contributed by atoms with Crippen LogP contribution in [-0.2, 0) is 0 Å². The van der Waals surface area contributed by atoms with Crippen molar-refractivity contribution in [1.29, 1.82) is 0 Å². The average Bonchev–Trinajstić information content (AvgIpc) is 2.69. The first-order valence-corrected chi connectivity index (χ1v) is 8.62. The van der Waals surface area contributed by atoms with Gasteiger partial charge in [-0.3, -0.25) is 0 Å². The first-order chi connectivity index (χ1) is 8.86. The normalized spacial score (nSPS) is 22.6. The predicted molar refractivity (Wildman–Crippen MR) is 78.1 cm³/mol. The van der Waals surface area contributed by atoms with Gasteiger partial charge in [0.25, 0.3) is 0 Å². The molecule has 1 saturated carbocycles. The number of rotatable bonds is 3. The minimum atomic E-state index is 0.160. The van der Waals surface area contributed by atoms with Crippen LogP contribution in [-0.4, -0.2) is 42.1 Å². The fraction of sp³-hybridized carbons (Fsp3) is 0.929. The Morgan fingerprint density at radius 3 is 2.78 bits per heavy atom. The van der Waals surface area contributed by atoms with Crippen molar-refractivity contribution in [1.82, 2.24) is 10.2 Å². The second-order valence-electron chi connectivity index (χ2n) is 5.48. The number of nitrogens with one attached hydrogen (secondary N) is 1. The van der Waals surface area contributed by atoms with Gasteiger partial charge < -0.3 is 10.2 Å². The molecule has 1 N–H and O–H groups in total. The van der Waals surface area contributed by atoms with Crippen LogP contribution in [0.1, 0.15) is 44.9 Å². The molecule has 104 valence electrons. The second-order valence-corrected chi connectivity index (χ2v) is 6.70. The largest absolute Gasteiger partial charge is 0.338 e. The summed E-state index contributed by atoms with van der Waals surface area (Å²) in [7, 11) is 0. The molecule has 2 fully saturated rings. The van der Waals surface area contributed by atoms with Gasteiger partial charge in [0.2, 0.25) is 0 Å². The molecule has 0 aromatic rings. The second kappa shape index (κ2) is 7.93. The molecule has 2 aliphatic rings. The zero-order valence-electron chi connectivity index (χ0n) is 11.3. The Balaban J connectivity index is 1.61. The quantitative estimate of drug-likeness (QED) is 0.854. The molecule has 0 unspecified atom stereocenters. The lowest BCUT2D eigenvalue weighted by atomic mass is 9.87. The van der Waals surface area contributed by atoms with Crippen LogP contribution in [0.15, 0.2) is 0 Å². The van der Waals surface area contributed by atoms with Gasteiger partial charge in [-0.05, 0) is 24.5 Å². The molecular weight excluding hydrogens is 244 g/mol. The molecule has 3 nitrogen and oxygen atoms in total. The summed E-state index contributed by atoms with van der Waals surface area (Å²) in [5.74, 6) is 3.15. The fourth-order valence-electron chi connectivity index (χ4n) is 2.92. The maximum atomic E-state index is 12.0. The minimum absolute atomic E-state index is 0.160. The molecule has 1 heterocycles. The third-order valence-corrected chi connectivity index (χ3v) is 5.11. The first kappa shape index (κ1) is 14.0. The van der Waals surface area contributed by atoms with Crippen LogP contribution in [0.4, 0.5) is 4.79 Å². The van der Waals surface area contributed by atoms with E-state index in [2.05, 4.69) is 5.32 Å². The van der Waals surface area contributed by atoms with Gasteiger partial charge in [-0.2, -0.15) is 11.8 Å². The summed E-state index contributed by atoms with van der Waals surface area (Å²) in [6, 6.07) is 0.160. The van der Waals surface area contributed by atoms with Gasteiger partial charge in [0.1, 0.15) is 0 Å². The predicted octanol–water partition coefficient (Wildman–Crippen LogP) is 3.11. The first-order valence-electron chi connectivity index (χ1n) is 7.47. The maximum Gasteiger partial charge on any atom is 0.317 e. The SMILES string of the molecule is O=C(NCCC1CCCCC1)N1CCCSCC1. The Morgan fingerprint density at radius 2 is 1.94 bits per heavy atom. The highest BCUT2D eigenvalue weighted by Crippen LogP contribution is 2.25. The van der Waals surface area contributed by atoms with Gasteiger partial charge in [-0.25, -0.2) is 4.79 Å². The van der Waals surface area contributed by atoms with Crippen molar-refractivity contribution in [2.75, 3.05) is 31.1 Å². The lowest BCUT2D eigenvalue weighted by Gasteiger charge is -2.23. The maximum absolute atomic E-state index is 12.0. The molecule has 0 aromatic carbocycles. The lowest BCUT2D eigenvalue weighted by molar-refractivity contribution is 0.200. The van der Waals surface area contributed by atoms with E-state index in [1.54, 1.807) is 0 Å². The standard InChI is InChI=1S/C14H26N2OS/c17-14(16-9-4-11-18-12-10-16)15-8-7-13-5-2-1-3-6-13/h13H,1-12H2,(H,15,17). The molecule has 0 radical (unpaired) electrons. The van der Waals surface area contributed by atoms with Gasteiger partial charge >= 0.3 is 6.03 Å². The third kappa shape index (κ3) is 4.71. The van der Waals surface area contributed by atoms with Crippen LogP contribution in [0, 0.1) is 5.92 Å². The molecule has 0 aromatic heterocycles. The van der Waals surface area contributed by atoms with Crippen LogP contribution < -0.4 is 5.32 Å². The number of carbonyl (C=O) groups excluding carboxylic acids is 1. The van der Waals surface area contributed by atoms with Crippen LogP contribution in [0.2, 0.25) is 0 Å². The zero-order chi connectivity index (χ0) is 12.6. The highest BCUT2D eigenvalue weighted by molar-refractivity contribution is 7.99. The molecule has 2 amide bonds. The number of urea groups is 1. The number of amides is 2. The van der Waals surface area contributed by atoms with E-state index in [0.717, 1.165) is 37.7 Å². The van der Waals surface area contributed by atoms with Crippen LogP contribution in [0.3, 0.4) is 0 Å². The van der Waals surface area contributed by atoms with Crippen molar-refractivity contribution in [2.45, 2.75) is 44.9 Å². The Bertz CT molecular complexity index is 246. The van der Waals surface area contributed by atoms with E-state index in [9.17, 15) is 4.79 Å². The highest BCUT2D eigenvalue weighted by Gasteiger charge is 2.16. The van der Waals surface area contributed by atoms with E-state index in [1.807, 2.05) is 16.7 Å². The summed E-state index contributed by atoms with van der Waals surface area (Å²) in [4.78, 5) is 14.0. The van der Waals surface area contributed by atoms with Crippen molar-refractivity contribution >= 4 is 17.8 Å². The van der Waals surface area contributed by atoms with E-state index in [0.29, 0.717) is 0 Å². The summed E-state index contributed by atoms with van der Waals surface area (Å²) in [5.41, 5.74) is 0. The van der Waals surface area contributed by atoms with E-state index >= 15 is 0 Å². The van der Waals surface area contributed by atoms with E-state index in [1.165, 1.54) is 44.3 Å². The lowest BCUT2D eigenvalue weighted by Crippen LogP contribution is -2.41. The summed E-state index contributed by atoms with van der Waals surface area (Å²) in [6.07, 6.45) is 9.25. The molecule has 4 heteroatoms. The summed E-state index contributed by atoms with van der Waals surface area (Å²) in [5, 5.41) is 3.11. The van der Waals surface area contributed by atoms with Crippen molar-refractivity contribution in [3.8, 4) is 0 Å². The van der Waals surface area contributed by atoms with Crippen molar-refractivity contribution in [2.24, 2.45) is 5.92 Å². The van der Waals surface area contributed by atoms with Gasteiger partial charge in [0, 0.05) is 25.4 Å². The van der Waals surface area contributed by atoms with Gasteiger partial charge in [-0.15, -0.1) is 0 Å². The molecule has 2 rings (SSSR count). The van der Waals surface area contributed by atoms with Crippen molar-refractivity contribution in [3.63, 3.8) is 0 Å². The van der Waals surface area contributed by atoms with Crippen LogP contribution in [0.5, 0.6) is 0 Å². The third-order valence-electron chi connectivity index (χ3n) is 4.06. The molecule has 1 saturated heterocycles.